The Balaban J connectivity index is 2.02. The monoisotopic (exact) mass is 324 g/mol. The number of ether oxygens (including phenoxy) is 2. The van der Waals surface area contributed by atoms with E-state index in [0.717, 1.165) is 50.2 Å². The Morgan fingerprint density at radius 2 is 2.05 bits per heavy atom. The van der Waals surface area contributed by atoms with E-state index in [1.54, 1.807) is 0 Å². The number of alkyl halides is 1. The molecule has 0 atom stereocenters. The van der Waals surface area contributed by atoms with Crippen LogP contribution in [-0.4, -0.2) is 25.2 Å². The Hall–Kier alpha value is -0.800. The molecule has 0 radical (unpaired) electrons. The zero-order chi connectivity index (χ0) is 13.6. The predicted molar refractivity (Wildman–Crippen MR) is 82.1 cm³/mol. The minimum absolute atomic E-state index is 0.208. The summed E-state index contributed by atoms with van der Waals surface area (Å²) in [6.45, 7) is 6.22. The van der Waals surface area contributed by atoms with Crippen molar-refractivity contribution in [3.05, 3.63) is 42.5 Å². The molecular formula is C16H21BrO2. The van der Waals surface area contributed by atoms with Crippen LogP contribution in [0.5, 0.6) is 5.75 Å². The Morgan fingerprint density at radius 1 is 1.32 bits per heavy atom. The van der Waals surface area contributed by atoms with Gasteiger partial charge in [-0.05, 0) is 30.9 Å². The highest BCUT2D eigenvalue weighted by atomic mass is 79.9. The highest BCUT2D eigenvalue weighted by Gasteiger charge is 2.32. The molecule has 1 aromatic carbocycles. The Bertz CT molecular complexity index is 411. The molecule has 0 aliphatic carbocycles. The number of para-hydroxylation sites is 1. The third-order valence-electron chi connectivity index (χ3n) is 3.71. The van der Waals surface area contributed by atoms with Crippen LogP contribution in [0.2, 0.25) is 0 Å². The average Bonchev–Trinajstić information content (AvgIpc) is 2.48. The second-order valence-electron chi connectivity index (χ2n) is 5.14. The van der Waals surface area contributed by atoms with Gasteiger partial charge in [-0.25, -0.2) is 0 Å². The molecule has 104 valence electrons. The van der Waals surface area contributed by atoms with Gasteiger partial charge in [0.25, 0.3) is 0 Å². The quantitative estimate of drug-likeness (QED) is 0.582. The van der Waals surface area contributed by atoms with Crippen molar-refractivity contribution in [2.24, 2.45) is 5.41 Å². The summed E-state index contributed by atoms with van der Waals surface area (Å²) < 4.78 is 11.5. The number of halogens is 1. The normalized spacial score (nSPS) is 17.9. The van der Waals surface area contributed by atoms with Gasteiger partial charge >= 0.3 is 0 Å². The standard InChI is InChI=1S/C16H21BrO2/c1-2-5-14-6-3-4-7-15(14)19-13-16(12-17)8-10-18-11-9-16/h2-4,6-7H,1,5,8-13H2. The van der Waals surface area contributed by atoms with Crippen molar-refractivity contribution in [3.8, 4) is 5.75 Å². The van der Waals surface area contributed by atoms with Gasteiger partial charge in [0.1, 0.15) is 5.75 Å². The summed E-state index contributed by atoms with van der Waals surface area (Å²) in [6, 6.07) is 8.20. The predicted octanol–water partition coefficient (Wildman–Crippen LogP) is 3.99. The van der Waals surface area contributed by atoms with E-state index >= 15 is 0 Å². The highest BCUT2D eigenvalue weighted by Crippen LogP contribution is 2.33. The van der Waals surface area contributed by atoms with Crippen LogP contribution >= 0.6 is 15.9 Å². The number of benzene rings is 1. The van der Waals surface area contributed by atoms with Crippen molar-refractivity contribution in [2.75, 3.05) is 25.2 Å². The van der Waals surface area contributed by atoms with Crippen molar-refractivity contribution in [3.63, 3.8) is 0 Å². The van der Waals surface area contributed by atoms with Gasteiger partial charge in [0.05, 0.1) is 6.61 Å². The molecule has 3 heteroatoms. The molecule has 1 aliphatic heterocycles. The molecule has 0 unspecified atom stereocenters. The Kier molecular flexibility index (Phi) is 5.46. The fourth-order valence-corrected chi connectivity index (χ4v) is 3.04. The molecule has 0 aromatic heterocycles. The summed E-state index contributed by atoms with van der Waals surface area (Å²) in [5.41, 5.74) is 1.41. The smallest absolute Gasteiger partial charge is 0.122 e. The zero-order valence-corrected chi connectivity index (χ0v) is 12.8. The number of hydrogen-bond donors (Lipinski definition) is 0. The van der Waals surface area contributed by atoms with E-state index in [1.807, 2.05) is 24.3 Å². The van der Waals surface area contributed by atoms with Gasteiger partial charge in [-0.3, -0.25) is 0 Å². The van der Waals surface area contributed by atoms with Crippen molar-refractivity contribution >= 4 is 15.9 Å². The molecule has 1 heterocycles. The molecule has 1 saturated heterocycles. The average molecular weight is 325 g/mol. The Labute approximate surface area is 123 Å². The first kappa shape index (κ1) is 14.6. The largest absolute Gasteiger partial charge is 0.493 e. The van der Waals surface area contributed by atoms with Crippen LogP contribution in [0, 0.1) is 5.41 Å². The maximum Gasteiger partial charge on any atom is 0.122 e. The molecular weight excluding hydrogens is 304 g/mol. The van der Waals surface area contributed by atoms with Crippen LogP contribution in [0.1, 0.15) is 18.4 Å². The topological polar surface area (TPSA) is 18.5 Å². The molecule has 0 saturated carbocycles. The van der Waals surface area contributed by atoms with Crippen LogP contribution in [0.25, 0.3) is 0 Å². The maximum atomic E-state index is 6.09. The van der Waals surface area contributed by atoms with Gasteiger partial charge < -0.3 is 9.47 Å². The van der Waals surface area contributed by atoms with Crippen LogP contribution in [0.3, 0.4) is 0 Å². The van der Waals surface area contributed by atoms with Crippen LogP contribution < -0.4 is 4.74 Å². The lowest BCUT2D eigenvalue weighted by atomic mass is 9.83. The summed E-state index contributed by atoms with van der Waals surface area (Å²) in [6.07, 6.45) is 4.88. The number of hydrogen-bond acceptors (Lipinski definition) is 2. The van der Waals surface area contributed by atoms with E-state index in [2.05, 4.69) is 28.6 Å². The first-order valence-electron chi connectivity index (χ1n) is 6.75. The molecule has 1 fully saturated rings. The molecule has 0 spiro atoms. The summed E-state index contributed by atoms with van der Waals surface area (Å²) >= 11 is 3.64. The van der Waals surface area contributed by atoms with Gasteiger partial charge in [-0.1, -0.05) is 40.2 Å². The molecule has 1 aromatic rings. The Morgan fingerprint density at radius 3 is 2.74 bits per heavy atom. The minimum Gasteiger partial charge on any atom is -0.493 e. The highest BCUT2D eigenvalue weighted by molar-refractivity contribution is 9.09. The molecule has 19 heavy (non-hydrogen) atoms. The summed E-state index contributed by atoms with van der Waals surface area (Å²) in [5, 5.41) is 0.965. The van der Waals surface area contributed by atoms with E-state index in [1.165, 1.54) is 5.56 Å². The van der Waals surface area contributed by atoms with E-state index in [-0.39, 0.29) is 5.41 Å². The lowest BCUT2D eigenvalue weighted by Gasteiger charge is -2.35. The third kappa shape index (κ3) is 3.83. The molecule has 0 bridgehead atoms. The third-order valence-corrected chi connectivity index (χ3v) is 4.90. The SMILES string of the molecule is C=CCc1ccccc1OCC1(CBr)CCOCC1. The maximum absolute atomic E-state index is 6.09. The van der Waals surface area contributed by atoms with Crippen molar-refractivity contribution in [1.29, 1.82) is 0 Å². The van der Waals surface area contributed by atoms with Crippen molar-refractivity contribution < 1.29 is 9.47 Å². The fraction of sp³-hybridized carbons (Fsp3) is 0.500. The first-order valence-corrected chi connectivity index (χ1v) is 7.87. The van der Waals surface area contributed by atoms with Gasteiger partial charge in [0.2, 0.25) is 0 Å². The van der Waals surface area contributed by atoms with Gasteiger partial charge in [-0.2, -0.15) is 0 Å². The number of allylic oxidation sites excluding steroid dienone is 1. The molecule has 1 aliphatic rings. The van der Waals surface area contributed by atoms with Crippen LogP contribution in [0.15, 0.2) is 36.9 Å². The van der Waals surface area contributed by atoms with E-state index in [4.69, 9.17) is 9.47 Å². The summed E-state index contributed by atoms with van der Waals surface area (Å²) in [7, 11) is 0. The van der Waals surface area contributed by atoms with Gasteiger partial charge in [0.15, 0.2) is 0 Å². The van der Waals surface area contributed by atoms with Crippen molar-refractivity contribution in [1.82, 2.24) is 0 Å². The minimum atomic E-state index is 0.208. The summed E-state index contributed by atoms with van der Waals surface area (Å²) in [4.78, 5) is 0. The molecule has 0 amide bonds. The second kappa shape index (κ2) is 7.11. The lowest BCUT2D eigenvalue weighted by Crippen LogP contribution is -2.36. The lowest BCUT2D eigenvalue weighted by molar-refractivity contribution is 0.00341. The van der Waals surface area contributed by atoms with E-state index in [9.17, 15) is 0 Å². The van der Waals surface area contributed by atoms with Crippen LogP contribution in [0.4, 0.5) is 0 Å². The van der Waals surface area contributed by atoms with Crippen molar-refractivity contribution in [2.45, 2.75) is 19.3 Å². The fourth-order valence-electron chi connectivity index (χ4n) is 2.32. The first-order chi connectivity index (χ1) is 9.29. The zero-order valence-electron chi connectivity index (χ0n) is 11.2. The van der Waals surface area contributed by atoms with Gasteiger partial charge in [-0.15, -0.1) is 6.58 Å². The summed E-state index contributed by atoms with van der Waals surface area (Å²) in [5.74, 6) is 0.981. The molecule has 0 N–H and O–H groups in total. The van der Waals surface area contributed by atoms with Gasteiger partial charge in [0, 0.05) is 24.0 Å². The number of rotatable bonds is 6. The van der Waals surface area contributed by atoms with Crippen LogP contribution in [-0.2, 0) is 11.2 Å². The van der Waals surface area contributed by atoms with E-state index < -0.39 is 0 Å². The van der Waals surface area contributed by atoms with E-state index in [0.29, 0.717) is 0 Å². The molecule has 2 rings (SSSR count). The second-order valence-corrected chi connectivity index (χ2v) is 5.70. The molecule has 2 nitrogen and oxygen atoms in total.